The van der Waals surface area contributed by atoms with Crippen LogP contribution in [0.5, 0.6) is 5.75 Å². The molecule has 4 heterocycles. The highest BCUT2D eigenvalue weighted by Gasteiger charge is 2.28. The van der Waals surface area contributed by atoms with E-state index in [1.807, 2.05) is 58.0 Å². The van der Waals surface area contributed by atoms with Crippen LogP contribution in [0.15, 0.2) is 48.7 Å². The molecule has 160 valence electrons. The van der Waals surface area contributed by atoms with E-state index in [0.717, 1.165) is 35.8 Å². The maximum Gasteiger partial charge on any atom is 0.227 e. The van der Waals surface area contributed by atoms with Crippen LogP contribution in [-0.2, 0) is 9.59 Å². The predicted octanol–water partition coefficient (Wildman–Crippen LogP) is 2.64. The number of aromatic nitrogens is 3. The molecule has 0 atom stereocenters. The average molecular weight is 419 g/mol. The van der Waals surface area contributed by atoms with E-state index in [2.05, 4.69) is 10.2 Å². The molecule has 31 heavy (non-hydrogen) atoms. The van der Waals surface area contributed by atoms with Crippen molar-refractivity contribution >= 4 is 23.1 Å². The summed E-state index contributed by atoms with van der Waals surface area (Å²) in [7, 11) is 0. The molecule has 8 nitrogen and oxygen atoms in total. The van der Waals surface area contributed by atoms with Gasteiger partial charge in [0.05, 0.1) is 12.2 Å². The Morgan fingerprint density at radius 2 is 1.71 bits per heavy atom. The van der Waals surface area contributed by atoms with Crippen LogP contribution in [0.3, 0.4) is 0 Å². The van der Waals surface area contributed by atoms with Crippen LogP contribution < -0.4 is 9.64 Å². The fourth-order valence-electron chi connectivity index (χ4n) is 4.46. The van der Waals surface area contributed by atoms with Crippen molar-refractivity contribution in [2.24, 2.45) is 0 Å². The molecule has 2 aliphatic rings. The largest absolute Gasteiger partial charge is 0.490 e. The Labute approximate surface area is 180 Å². The van der Waals surface area contributed by atoms with E-state index in [0.29, 0.717) is 26.2 Å². The van der Waals surface area contributed by atoms with Gasteiger partial charge in [-0.3, -0.25) is 14.0 Å². The monoisotopic (exact) mass is 419 g/mol. The standard InChI is InChI=1S/C23H25N5O3/c29-21(8-9-22(30)27-15-16-31-19-6-2-1-5-18(19)27)26-13-10-17(11-14-26)23-25-24-20-7-3-4-12-28(20)23/h1-7,12,17H,8-11,13-16H2. The Morgan fingerprint density at radius 3 is 2.58 bits per heavy atom. The normalized spacial score (nSPS) is 16.8. The van der Waals surface area contributed by atoms with Crippen molar-refractivity contribution in [3.05, 3.63) is 54.5 Å². The Kier molecular flexibility index (Phi) is 5.28. The summed E-state index contributed by atoms with van der Waals surface area (Å²) in [5, 5.41) is 8.61. The predicted molar refractivity (Wildman–Crippen MR) is 115 cm³/mol. The molecule has 2 aliphatic heterocycles. The third kappa shape index (κ3) is 3.85. The topological polar surface area (TPSA) is 80.0 Å². The van der Waals surface area contributed by atoms with Crippen LogP contribution in [0.2, 0.25) is 0 Å². The summed E-state index contributed by atoms with van der Waals surface area (Å²) in [4.78, 5) is 29.1. The lowest BCUT2D eigenvalue weighted by molar-refractivity contribution is -0.134. The van der Waals surface area contributed by atoms with Crippen molar-refractivity contribution < 1.29 is 14.3 Å². The highest BCUT2D eigenvalue weighted by molar-refractivity contribution is 5.97. The number of amides is 2. The molecule has 0 aliphatic carbocycles. The maximum absolute atomic E-state index is 12.8. The third-order valence-electron chi connectivity index (χ3n) is 6.14. The van der Waals surface area contributed by atoms with Gasteiger partial charge >= 0.3 is 0 Å². The van der Waals surface area contributed by atoms with Gasteiger partial charge in [-0.15, -0.1) is 10.2 Å². The first-order valence-electron chi connectivity index (χ1n) is 10.8. The van der Waals surface area contributed by atoms with E-state index in [4.69, 9.17) is 4.74 Å². The lowest BCUT2D eigenvalue weighted by Gasteiger charge is -2.32. The van der Waals surface area contributed by atoms with Crippen molar-refractivity contribution in [3.63, 3.8) is 0 Å². The first-order valence-corrected chi connectivity index (χ1v) is 10.8. The van der Waals surface area contributed by atoms with Gasteiger partial charge < -0.3 is 14.5 Å². The molecular formula is C23H25N5O3. The highest BCUT2D eigenvalue weighted by atomic mass is 16.5. The number of hydrogen-bond acceptors (Lipinski definition) is 5. The number of carbonyl (C=O) groups is 2. The SMILES string of the molecule is O=C(CCC(=O)N1CCOc2ccccc21)N1CCC(c2nnc3ccccn23)CC1. The van der Waals surface area contributed by atoms with Crippen LogP contribution >= 0.6 is 0 Å². The molecule has 0 unspecified atom stereocenters. The van der Waals surface area contributed by atoms with Crippen LogP contribution in [0.1, 0.15) is 37.4 Å². The van der Waals surface area contributed by atoms with E-state index in [-0.39, 0.29) is 30.6 Å². The quantitative estimate of drug-likeness (QED) is 0.650. The molecule has 1 aromatic carbocycles. The van der Waals surface area contributed by atoms with Gasteiger partial charge in [-0.2, -0.15) is 0 Å². The molecule has 0 bridgehead atoms. The van der Waals surface area contributed by atoms with Crippen LogP contribution in [0, 0.1) is 0 Å². The lowest BCUT2D eigenvalue weighted by Crippen LogP contribution is -2.40. The van der Waals surface area contributed by atoms with Gasteiger partial charge in [0.25, 0.3) is 0 Å². The molecular weight excluding hydrogens is 394 g/mol. The van der Waals surface area contributed by atoms with Crippen LogP contribution in [0.4, 0.5) is 5.69 Å². The van der Waals surface area contributed by atoms with E-state index in [1.54, 1.807) is 4.90 Å². The number of anilines is 1. The number of rotatable bonds is 4. The number of pyridine rings is 1. The Morgan fingerprint density at radius 1 is 0.935 bits per heavy atom. The number of nitrogens with zero attached hydrogens (tertiary/aromatic N) is 5. The van der Waals surface area contributed by atoms with Gasteiger partial charge in [0.15, 0.2) is 5.65 Å². The van der Waals surface area contributed by atoms with Gasteiger partial charge in [-0.05, 0) is 37.1 Å². The van der Waals surface area contributed by atoms with Crippen molar-refractivity contribution in [3.8, 4) is 5.75 Å². The van der Waals surface area contributed by atoms with Gasteiger partial charge in [-0.1, -0.05) is 18.2 Å². The van der Waals surface area contributed by atoms with Crippen molar-refractivity contribution in [1.82, 2.24) is 19.5 Å². The number of para-hydroxylation sites is 2. The third-order valence-corrected chi connectivity index (χ3v) is 6.14. The Bertz CT molecular complexity index is 1100. The van der Waals surface area contributed by atoms with Gasteiger partial charge in [0.1, 0.15) is 18.2 Å². The van der Waals surface area contributed by atoms with Crippen molar-refractivity contribution in [1.29, 1.82) is 0 Å². The summed E-state index contributed by atoms with van der Waals surface area (Å²) >= 11 is 0. The number of likely N-dealkylation sites (tertiary alicyclic amines) is 1. The first kappa shape index (κ1) is 19.5. The second-order valence-corrected chi connectivity index (χ2v) is 8.00. The summed E-state index contributed by atoms with van der Waals surface area (Å²) in [5.41, 5.74) is 1.63. The zero-order chi connectivity index (χ0) is 21.2. The van der Waals surface area contributed by atoms with Crippen LogP contribution in [-0.4, -0.2) is 57.6 Å². The molecule has 3 aromatic rings. The summed E-state index contributed by atoms with van der Waals surface area (Å²) in [5.74, 6) is 1.97. The maximum atomic E-state index is 12.8. The molecule has 0 N–H and O–H groups in total. The molecule has 2 aromatic heterocycles. The molecule has 1 saturated heterocycles. The fourth-order valence-corrected chi connectivity index (χ4v) is 4.46. The lowest BCUT2D eigenvalue weighted by atomic mass is 9.95. The van der Waals surface area contributed by atoms with E-state index in [1.165, 1.54) is 0 Å². The number of benzene rings is 1. The number of fused-ring (bicyclic) bond motifs is 2. The number of hydrogen-bond donors (Lipinski definition) is 0. The first-order chi connectivity index (χ1) is 15.2. The van der Waals surface area contributed by atoms with E-state index >= 15 is 0 Å². The highest BCUT2D eigenvalue weighted by Crippen LogP contribution is 2.32. The summed E-state index contributed by atoms with van der Waals surface area (Å²) in [6.45, 7) is 2.35. The van der Waals surface area contributed by atoms with Crippen LogP contribution in [0.25, 0.3) is 5.65 Å². The smallest absolute Gasteiger partial charge is 0.227 e. The number of piperidine rings is 1. The summed E-state index contributed by atoms with van der Waals surface area (Å²) < 4.78 is 7.64. The second kappa shape index (κ2) is 8.37. The molecule has 0 saturated carbocycles. The van der Waals surface area contributed by atoms with Gasteiger partial charge in [-0.25, -0.2) is 0 Å². The van der Waals surface area contributed by atoms with Crippen molar-refractivity contribution in [2.75, 3.05) is 31.1 Å². The van der Waals surface area contributed by atoms with E-state index in [9.17, 15) is 9.59 Å². The Balaban J connectivity index is 1.15. The van der Waals surface area contributed by atoms with E-state index < -0.39 is 0 Å². The number of ether oxygens (including phenoxy) is 1. The summed E-state index contributed by atoms with van der Waals surface area (Å²) in [6.07, 6.45) is 4.13. The average Bonchev–Trinajstić information content (AvgIpc) is 3.26. The molecule has 1 fully saturated rings. The summed E-state index contributed by atoms with van der Waals surface area (Å²) in [6, 6.07) is 13.4. The Hall–Kier alpha value is -3.42. The number of carbonyl (C=O) groups excluding carboxylic acids is 2. The molecule has 0 radical (unpaired) electrons. The van der Waals surface area contributed by atoms with Gasteiger partial charge in [0, 0.05) is 38.0 Å². The molecule has 5 rings (SSSR count). The second-order valence-electron chi connectivity index (χ2n) is 8.00. The zero-order valence-corrected chi connectivity index (χ0v) is 17.3. The minimum Gasteiger partial charge on any atom is -0.490 e. The van der Waals surface area contributed by atoms with Gasteiger partial charge in [0.2, 0.25) is 11.8 Å². The molecule has 8 heteroatoms. The minimum atomic E-state index is -0.0334. The zero-order valence-electron chi connectivity index (χ0n) is 17.3. The molecule has 0 spiro atoms. The van der Waals surface area contributed by atoms with Crippen molar-refractivity contribution in [2.45, 2.75) is 31.6 Å². The molecule has 2 amide bonds. The fraction of sp³-hybridized carbons (Fsp3) is 0.391. The minimum absolute atomic E-state index is 0.0334.